The Labute approximate surface area is 107 Å². The van der Waals surface area contributed by atoms with Gasteiger partial charge in [-0.15, -0.1) is 0 Å². The zero-order valence-corrected chi connectivity index (χ0v) is 10.9. The Hall–Kier alpha value is -1.14. The Morgan fingerprint density at radius 3 is 2.72 bits per heavy atom. The van der Waals surface area contributed by atoms with Crippen LogP contribution in [0.2, 0.25) is 0 Å². The molecule has 6 heteroatoms. The van der Waals surface area contributed by atoms with Crippen LogP contribution in [0.5, 0.6) is 0 Å². The predicted molar refractivity (Wildman–Crippen MR) is 64.3 cm³/mol. The largest absolute Gasteiger partial charge is 0.481 e. The second-order valence-electron chi connectivity index (χ2n) is 4.34. The number of hydrogen-bond donors (Lipinski definition) is 1. The smallest absolute Gasteiger partial charge is 0.305 e. The number of carboxylic acid groups (broad SMARTS) is 1. The monoisotopic (exact) mass is 259 g/mol. The second kappa shape index (κ2) is 7.33. The summed E-state index contributed by atoms with van der Waals surface area (Å²) in [6.07, 6.45) is 0.787. The molecule has 1 rings (SSSR count). The molecule has 104 valence electrons. The van der Waals surface area contributed by atoms with Crippen molar-refractivity contribution in [2.45, 2.75) is 38.3 Å². The molecule has 1 amide bonds. The van der Waals surface area contributed by atoms with Crippen LogP contribution in [0, 0.1) is 0 Å². The summed E-state index contributed by atoms with van der Waals surface area (Å²) < 4.78 is 10.3. The number of carbonyl (C=O) groups excluding carboxylic acids is 1. The van der Waals surface area contributed by atoms with Crippen molar-refractivity contribution in [3.63, 3.8) is 0 Å². The van der Waals surface area contributed by atoms with Crippen molar-refractivity contribution in [2.24, 2.45) is 0 Å². The summed E-state index contributed by atoms with van der Waals surface area (Å²) >= 11 is 0. The summed E-state index contributed by atoms with van der Waals surface area (Å²) in [7, 11) is 1.58. The maximum atomic E-state index is 12.0. The Balaban J connectivity index is 2.53. The van der Waals surface area contributed by atoms with Crippen LogP contribution < -0.4 is 0 Å². The van der Waals surface area contributed by atoms with Gasteiger partial charge >= 0.3 is 5.97 Å². The van der Waals surface area contributed by atoms with Gasteiger partial charge in [-0.3, -0.25) is 9.59 Å². The molecule has 0 bridgehead atoms. The molecule has 1 aliphatic rings. The van der Waals surface area contributed by atoms with Crippen molar-refractivity contribution in [1.29, 1.82) is 0 Å². The molecule has 2 atom stereocenters. The predicted octanol–water partition coefficient (Wildman–Crippen LogP) is 0.504. The van der Waals surface area contributed by atoms with Crippen molar-refractivity contribution in [3.05, 3.63) is 0 Å². The summed E-state index contributed by atoms with van der Waals surface area (Å²) in [5.74, 6) is -0.950. The number of carbonyl (C=O) groups is 2. The van der Waals surface area contributed by atoms with E-state index in [-0.39, 0.29) is 24.5 Å². The molecular formula is C12H21NO5. The van der Waals surface area contributed by atoms with E-state index in [1.165, 1.54) is 0 Å². The highest BCUT2D eigenvalue weighted by molar-refractivity contribution is 5.78. The van der Waals surface area contributed by atoms with Gasteiger partial charge in [0.05, 0.1) is 25.6 Å². The first-order chi connectivity index (χ1) is 8.58. The minimum absolute atomic E-state index is 0.0275. The molecule has 0 aromatic carbocycles. The average Bonchev–Trinajstić information content (AvgIpc) is 2.71. The molecule has 1 heterocycles. The van der Waals surface area contributed by atoms with Gasteiger partial charge in [-0.2, -0.15) is 0 Å². The average molecular weight is 259 g/mol. The van der Waals surface area contributed by atoms with Gasteiger partial charge in [-0.1, -0.05) is 0 Å². The summed E-state index contributed by atoms with van der Waals surface area (Å²) in [6.45, 7) is 3.30. The van der Waals surface area contributed by atoms with E-state index in [1.54, 1.807) is 12.0 Å². The van der Waals surface area contributed by atoms with Crippen molar-refractivity contribution in [2.75, 3.05) is 26.9 Å². The fourth-order valence-corrected chi connectivity index (χ4v) is 2.19. The number of hydrogen-bond acceptors (Lipinski definition) is 4. The SMILES string of the molecule is CCOCCC(=O)N1CC(OC)CC1CC(=O)O. The maximum Gasteiger partial charge on any atom is 0.305 e. The van der Waals surface area contributed by atoms with Gasteiger partial charge in [0, 0.05) is 26.3 Å². The number of rotatable bonds is 7. The molecule has 2 unspecified atom stereocenters. The van der Waals surface area contributed by atoms with E-state index >= 15 is 0 Å². The zero-order valence-electron chi connectivity index (χ0n) is 10.9. The topological polar surface area (TPSA) is 76.1 Å². The summed E-state index contributed by atoms with van der Waals surface area (Å²) in [6, 6.07) is -0.262. The zero-order chi connectivity index (χ0) is 13.5. The Morgan fingerprint density at radius 2 is 2.17 bits per heavy atom. The first kappa shape index (κ1) is 14.9. The molecular weight excluding hydrogens is 238 g/mol. The van der Waals surface area contributed by atoms with Gasteiger partial charge in [-0.25, -0.2) is 0 Å². The molecule has 0 aromatic heterocycles. The first-order valence-corrected chi connectivity index (χ1v) is 6.20. The van der Waals surface area contributed by atoms with Crippen LogP contribution >= 0.6 is 0 Å². The van der Waals surface area contributed by atoms with Crippen LogP contribution in [0.4, 0.5) is 0 Å². The van der Waals surface area contributed by atoms with E-state index in [0.717, 1.165) is 0 Å². The van der Waals surface area contributed by atoms with E-state index in [0.29, 0.717) is 32.6 Å². The van der Waals surface area contributed by atoms with Gasteiger partial charge < -0.3 is 19.5 Å². The van der Waals surface area contributed by atoms with Crippen LogP contribution in [0.25, 0.3) is 0 Å². The highest BCUT2D eigenvalue weighted by Gasteiger charge is 2.36. The molecule has 6 nitrogen and oxygen atoms in total. The maximum absolute atomic E-state index is 12.0. The van der Waals surface area contributed by atoms with Crippen LogP contribution in [0.1, 0.15) is 26.2 Å². The van der Waals surface area contributed by atoms with Gasteiger partial charge in [0.15, 0.2) is 0 Å². The highest BCUT2D eigenvalue weighted by atomic mass is 16.5. The molecule has 1 aliphatic heterocycles. The minimum atomic E-state index is -0.889. The lowest BCUT2D eigenvalue weighted by atomic mass is 10.1. The summed E-state index contributed by atoms with van der Waals surface area (Å²) in [5.41, 5.74) is 0. The third-order valence-electron chi connectivity index (χ3n) is 3.10. The Bertz CT molecular complexity index is 294. The fourth-order valence-electron chi connectivity index (χ4n) is 2.19. The summed E-state index contributed by atoms with van der Waals surface area (Å²) in [4.78, 5) is 24.4. The van der Waals surface area contributed by atoms with E-state index in [4.69, 9.17) is 14.6 Å². The fraction of sp³-hybridized carbons (Fsp3) is 0.833. The lowest BCUT2D eigenvalue weighted by molar-refractivity contribution is -0.140. The molecule has 0 saturated carbocycles. The van der Waals surface area contributed by atoms with Crippen molar-refractivity contribution in [1.82, 2.24) is 4.90 Å². The Morgan fingerprint density at radius 1 is 1.44 bits per heavy atom. The second-order valence-corrected chi connectivity index (χ2v) is 4.34. The lowest BCUT2D eigenvalue weighted by Gasteiger charge is -2.23. The number of likely N-dealkylation sites (tertiary alicyclic amines) is 1. The van der Waals surface area contributed by atoms with Crippen LogP contribution in [0.3, 0.4) is 0 Å². The molecule has 18 heavy (non-hydrogen) atoms. The number of carboxylic acids is 1. The van der Waals surface area contributed by atoms with Crippen LogP contribution in [-0.2, 0) is 19.1 Å². The molecule has 0 spiro atoms. The van der Waals surface area contributed by atoms with Crippen molar-refractivity contribution in [3.8, 4) is 0 Å². The summed E-state index contributed by atoms with van der Waals surface area (Å²) in [5, 5.41) is 8.84. The number of ether oxygens (including phenoxy) is 2. The van der Waals surface area contributed by atoms with Crippen molar-refractivity contribution >= 4 is 11.9 Å². The van der Waals surface area contributed by atoms with E-state index in [9.17, 15) is 9.59 Å². The number of amides is 1. The molecule has 0 radical (unpaired) electrons. The van der Waals surface area contributed by atoms with E-state index in [2.05, 4.69) is 0 Å². The van der Waals surface area contributed by atoms with E-state index in [1.807, 2.05) is 6.92 Å². The molecule has 1 N–H and O–H groups in total. The van der Waals surface area contributed by atoms with Gasteiger partial charge in [0.1, 0.15) is 0 Å². The third kappa shape index (κ3) is 4.27. The quantitative estimate of drug-likeness (QED) is 0.674. The highest BCUT2D eigenvalue weighted by Crippen LogP contribution is 2.23. The number of methoxy groups -OCH3 is 1. The third-order valence-corrected chi connectivity index (χ3v) is 3.10. The normalized spacial score (nSPS) is 23.3. The molecule has 0 aromatic rings. The molecule has 0 aliphatic carbocycles. The van der Waals surface area contributed by atoms with Crippen molar-refractivity contribution < 1.29 is 24.2 Å². The Kier molecular flexibility index (Phi) is 6.07. The first-order valence-electron chi connectivity index (χ1n) is 6.20. The lowest BCUT2D eigenvalue weighted by Crippen LogP contribution is -2.37. The van der Waals surface area contributed by atoms with Gasteiger partial charge in [0.25, 0.3) is 0 Å². The standard InChI is InChI=1S/C12H21NO5/c1-3-18-5-4-11(14)13-8-10(17-2)6-9(13)7-12(15)16/h9-10H,3-8H2,1-2H3,(H,15,16). The minimum Gasteiger partial charge on any atom is -0.481 e. The molecule has 1 saturated heterocycles. The van der Waals surface area contributed by atoms with Gasteiger partial charge in [-0.05, 0) is 13.3 Å². The van der Waals surface area contributed by atoms with E-state index < -0.39 is 5.97 Å². The number of nitrogens with zero attached hydrogens (tertiary/aromatic N) is 1. The van der Waals surface area contributed by atoms with Crippen LogP contribution in [0.15, 0.2) is 0 Å². The van der Waals surface area contributed by atoms with Crippen LogP contribution in [-0.4, -0.2) is 60.9 Å². The number of aliphatic carboxylic acids is 1. The van der Waals surface area contributed by atoms with Gasteiger partial charge in [0.2, 0.25) is 5.91 Å². The molecule has 1 fully saturated rings.